The number of rotatable bonds is 3. The number of H-pyrrole nitrogens is 1. The second-order valence-electron chi connectivity index (χ2n) is 8.51. The predicted octanol–water partition coefficient (Wildman–Crippen LogP) is 5.43. The summed E-state index contributed by atoms with van der Waals surface area (Å²) < 4.78 is 11.0. The Morgan fingerprint density at radius 2 is 1.68 bits per heavy atom. The molecule has 4 nitrogen and oxygen atoms in total. The van der Waals surface area contributed by atoms with Crippen molar-refractivity contribution in [2.75, 3.05) is 20.8 Å². The number of para-hydroxylation sites is 1. The zero-order valence-corrected chi connectivity index (χ0v) is 17.9. The topological polar surface area (TPSA) is 37.5 Å². The fourth-order valence-corrected chi connectivity index (χ4v) is 5.54. The third kappa shape index (κ3) is 2.86. The van der Waals surface area contributed by atoms with E-state index in [0.29, 0.717) is 6.04 Å². The molecule has 0 saturated heterocycles. The minimum absolute atomic E-state index is 0.186. The standard InChI is InChI=1S/C27H26N2O2/c1-30-19-10-8-18(9-11-19)27-26-23(21-5-3-4-6-24(21)28-26)16-25-22-15-20(31-2)12-7-17(22)13-14-29(25)27/h3-12,15,25,27-28H,13-14,16H2,1-2H3/t25?,27-/m0/s1. The number of aromatic nitrogens is 1. The number of nitrogens with one attached hydrogen (secondary N) is 1. The number of hydrogen-bond acceptors (Lipinski definition) is 3. The van der Waals surface area contributed by atoms with Crippen LogP contribution in [-0.4, -0.2) is 30.6 Å². The molecule has 31 heavy (non-hydrogen) atoms. The third-order valence-electron chi connectivity index (χ3n) is 7.03. The molecule has 0 saturated carbocycles. The molecule has 156 valence electrons. The number of hydrogen-bond donors (Lipinski definition) is 1. The molecule has 4 aromatic rings. The maximum Gasteiger partial charge on any atom is 0.119 e. The fourth-order valence-electron chi connectivity index (χ4n) is 5.54. The van der Waals surface area contributed by atoms with Crippen molar-refractivity contribution < 1.29 is 9.47 Å². The second-order valence-corrected chi connectivity index (χ2v) is 8.51. The van der Waals surface area contributed by atoms with E-state index in [1.807, 2.05) is 0 Å². The van der Waals surface area contributed by atoms with E-state index in [2.05, 4.69) is 76.6 Å². The number of aromatic amines is 1. The normalized spacial score (nSPS) is 20.1. The molecule has 0 amide bonds. The van der Waals surface area contributed by atoms with Crippen molar-refractivity contribution in [3.05, 3.63) is 94.7 Å². The van der Waals surface area contributed by atoms with Crippen LogP contribution in [0.1, 0.15) is 40.0 Å². The Hall–Kier alpha value is -3.24. The van der Waals surface area contributed by atoms with Gasteiger partial charge in [-0.1, -0.05) is 36.4 Å². The Balaban J connectivity index is 1.55. The summed E-state index contributed by atoms with van der Waals surface area (Å²) in [4.78, 5) is 6.44. The Bertz CT molecular complexity index is 1260. The summed E-state index contributed by atoms with van der Waals surface area (Å²) in [6, 6.07) is 24.4. The van der Waals surface area contributed by atoms with Crippen LogP contribution in [0.4, 0.5) is 0 Å². The summed E-state index contributed by atoms with van der Waals surface area (Å²) in [6.07, 6.45) is 2.06. The van der Waals surface area contributed by atoms with Crippen LogP contribution < -0.4 is 9.47 Å². The summed E-state index contributed by atoms with van der Waals surface area (Å²) >= 11 is 0. The molecule has 2 aliphatic rings. The highest BCUT2D eigenvalue weighted by atomic mass is 16.5. The Morgan fingerprint density at radius 3 is 2.48 bits per heavy atom. The maximum absolute atomic E-state index is 5.58. The lowest BCUT2D eigenvalue weighted by Crippen LogP contribution is -2.43. The van der Waals surface area contributed by atoms with Gasteiger partial charge in [-0.2, -0.15) is 0 Å². The van der Waals surface area contributed by atoms with Gasteiger partial charge in [-0.25, -0.2) is 0 Å². The van der Waals surface area contributed by atoms with Crippen LogP contribution in [0, 0.1) is 0 Å². The summed E-state index contributed by atoms with van der Waals surface area (Å²) in [5.74, 6) is 1.83. The molecule has 2 atom stereocenters. The van der Waals surface area contributed by atoms with Crippen LogP contribution in [0.3, 0.4) is 0 Å². The van der Waals surface area contributed by atoms with Crippen LogP contribution in [0.25, 0.3) is 10.9 Å². The first-order valence-corrected chi connectivity index (χ1v) is 10.9. The van der Waals surface area contributed by atoms with Crippen LogP contribution in [0.5, 0.6) is 11.5 Å². The first-order valence-electron chi connectivity index (χ1n) is 10.9. The van der Waals surface area contributed by atoms with E-state index < -0.39 is 0 Å². The number of benzene rings is 3. The van der Waals surface area contributed by atoms with E-state index in [-0.39, 0.29) is 6.04 Å². The Labute approximate surface area is 182 Å². The number of nitrogens with zero attached hydrogens (tertiary/aromatic N) is 1. The van der Waals surface area contributed by atoms with E-state index >= 15 is 0 Å². The van der Waals surface area contributed by atoms with E-state index in [9.17, 15) is 0 Å². The third-order valence-corrected chi connectivity index (χ3v) is 7.03. The second kappa shape index (κ2) is 7.17. The smallest absolute Gasteiger partial charge is 0.119 e. The van der Waals surface area contributed by atoms with Crippen LogP contribution in [-0.2, 0) is 12.8 Å². The SMILES string of the molecule is COc1ccc([C@H]2c3[nH]c4ccccc4c3CC3c4cc(OC)ccc4CCN32)cc1. The molecule has 2 aliphatic heterocycles. The zero-order chi connectivity index (χ0) is 20.9. The van der Waals surface area contributed by atoms with Crippen LogP contribution >= 0.6 is 0 Å². The highest BCUT2D eigenvalue weighted by Gasteiger charge is 2.40. The van der Waals surface area contributed by atoms with Crippen molar-refractivity contribution in [3.8, 4) is 11.5 Å². The maximum atomic E-state index is 5.58. The molecule has 0 spiro atoms. The summed E-state index contributed by atoms with van der Waals surface area (Å²) in [5, 5.41) is 1.34. The van der Waals surface area contributed by atoms with Crippen molar-refractivity contribution in [1.82, 2.24) is 9.88 Å². The molecule has 1 aromatic heterocycles. The van der Waals surface area contributed by atoms with Crippen molar-refractivity contribution in [2.24, 2.45) is 0 Å². The first-order chi connectivity index (χ1) is 15.3. The summed E-state index contributed by atoms with van der Waals surface area (Å²) in [7, 11) is 3.47. The lowest BCUT2D eigenvalue weighted by molar-refractivity contribution is 0.127. The van der Waals surface area contributed by atoms with Crippen molar-refractivity contribution in [2.45, 2.75) is 24.9 Å². The number of fused-ring (bicyclic) bond motifs is 6. The molecule has 0 bridgehead atoms. The van der Waals surface area contributed by atoms with Gasteiger partial charge in [0.15, 0.2) is 0 Å². The minimum Gasteiger partial charge on any atom is -0.497 e. The van der Waals surface area contributed by atoms with E-state index in [0.717, 1.165) is 30.9 Å². The van der Waals surface area contributed by atoms with Crippen molar-refractivity contribution in [3.63, 3.8) is 0 Å². The van der Waals surface area contributed by atoms with Crippen molar-refractivity contribution in [1.29, 1.82) is 0 Å². The summed E-state index contributed by atoms with van der Waals surface area (Å²) in [6.45, 7) is 1.04. The van der Waals surface area contributed by atoms with E-state index in [4.69, 9.17) is 9.47 Å². The quantitative estimate of drug-likeness (QED) is 0.489. The van der Waals surface area contributed by atoms with Gasteiger partial charge in [0.25, 0.3) is 0 Å². The molecule has 3 heterocycles. The first kappa shape index (κ1) is 18.5. The van der Waals surface area contributed by atoms with Gasteiger partial charge >= 0.3 is 0 Å². The van der Waals surface area contributed by atoms with Gasteiger partial charge < -0.3 is 14.5 Å². The lowest BCUT2D eigenvalue weighted by atomic mass is 9.81. The van der Waals surface area contributed by atoms with Gasteiger partial charge in [0.05, 0.1) is 20.3 Å². The van der Waals surface area contributed by atoms with Gasteiger partial charge in [0.1, 0.15) is 11.5 Å². The van der Waals surface area contributed by atoms with Crippen molar-refractivity contribution >= 4 is 10.9 Å². The molecule has 0 fully saturated rings. The molecule has 1 unspecified atom stereocenters. The monoisotopic (exact) mass is 410 g/mol. The molecule has 6 rings (SSSR count). The van der Waals surface area contributed by atoms with Crippen LogP contribution in [0.15, 0.2) is 66.7 Å². The average molecular weight is 411 g/mol. The van der Waals surface area contributed by atoms with Gasteiger partial charge in [0.2, 0.25) is 0 Å². The molecular formula is C27H26N2O2. The van der Waals surface area contributed by atoms with Crippen LogP contribution in [0.2, 0.25) is 0 Å². The molecule has 3 aromatic carbocycles. The summed E-state index contributed by atoms with van der Waals surface area (Å²) in [5.41, 5.74) is 8.13. The van der Waals surface area contributed by atoms with Gasteiger partial charge in [0, 0.05) is 29.2 Å². The zero-order valence-electron chi connectivity index (χ0n) is 17.9. The highest BCUT2D eigenvalue weighted by molar-refractivity contribution is 5.85. The average Bonchev–Trinajstić information content (AvgIpc) is 3.20. The fraction of sp³-hybridized carbons (Fsp3) is 0.259. The molecule has 0 aliphatic carbocycles. The number of methoxy groups -OCH3 is 2. The van der Waals surface area contributed by atoms with Gasteiger partial charge in [-0.15, -0.1) is 0 Å². The highest BCUT2D eigenvalue weighted by Crippen LogP contribution is 2.48. The van der Waals surface area contributed by atoms with Gasteiger partial charge in [-0.3, -0.25) is 4.90 Å². The molecule has 0 radical (unpaired) electrons. The lowest BCUT2D eigenvalue weighted by Gasteiger charge is -2.46. The molecule has 1 N–H and O–H groups in total. The van der Waals surface area contributed by atoms with Gasteiger partial charge in [-0.05, 0) is 65.4 Å². The molecule has 4 heteroatoms. The Morgan fingerprint density at radius 1 is 0.903 bits per heavy atom. The number of ether oxygens (including phenoxy) is 2. The minimum atomic E-state index is 0.186. The molecular weight excluding hydrogens is 384 g/mol. The predicted molar refractivity (Wildman–Crippen MR) is 123 cm³/mol. The Kier molecular flexibility index (Phi) is 4.29. The van der Waals surface area contributed by atoms with E-state index in [1.54, 1.807) is 14.2 Å². The van der Waals surface area contributed by atoms with E-state index in [1.165, 1.54) is 38.9 Å². The largest absolute Gasteiger partial charge is 0.497 e.